The number of nitrogens with two attached hydrogens (primary N) is 1. The molecule has 2 aliphatic rings. The summed E-state index contributed by atoms with van der Waals surface area (Å²) >= 11 is 1.63. The van der Waals surface area contributed by atoms with Gasteiger partial charge < -0.3 is 10.6 Å². The average Bonchev–Trinajstić information content (AvgIpc) is 2.96. The number of halogens is 2. The molecule has 3 atom stereocenters. The third-order valence-electron chi connectivity index (χ3n) is 4.53. The number of thioether (sulfide) groups is 1. The van der Waals surface area contributed by atoms with E-state index in [2.05, 4.69) is 20.3 Å². The standard InChI is InChI=1S/C15H16F2N6S/c16-10-1-2-12(19-3-10)15-8-23(14-20-4-11(17)5-21-14)6-9(15)7-24-13(18)22-15/h1-5,9,13,22H,6-8,18H2. The number of nitrogens with zero attached hydrogens (tertiary/aromatic N) is 4. The summed E-state index contributed by atoms with van der Waals surface area (Å²) < 4.78 is 26.4. The molecule has 0 bridgehead atoms. The van der Waals surface area contributed by atoms with Crippen LogP contribution in [0.4, 0.5) is 14.7 Å². The lowest BCUT2D eigenvalue weighted by atomic mass is 9.84. The van der Waals surface area contributed by atoms with E-state index in [0.717, 1.165) is 23.8 Å². The summed E-state index contributed by atoms with van der Waals surface area (Å²) in [4.78, 5) is 14.4. The summed E-state index contributed by atoms with van der Waals surface area (Å²) in [6.45, 7) is 1.23. The van der Waals surface area contributed by atoms with Crippen LogP contribution in [0.5, 0.6) is 0 Å². The maximum absolute atomic E-state index is 13.3. The molecule has 0 aromatic carbocycles. The van der Waals surface area contributed by atoms with Crippen LogP contribution in [0.1, 0.15) is 5.69 Å². The highest BCUT2D eigenvalue weighted by molar-refractivity contribution is 7.99. The molecular weight excluding hydrogens is 334 g/mol. The van der Waals surface area contributed by atoms with Crippen molar-refractivity contribution in [2.75, 3.05) is 23.7 Å². The van der Waals surface area contributed by atoms with E-state index in [1.807, 2.05) is 4.90 Å². The van der Waals surface area contributed by atoms with Gasteiger partial charge in [0, 0.05) is 24.8 Å². The zero-order valence-corrected chi connectivity index (χ0v) is 13.5. The Hall–Kier alpha value is -1.84. The number of aromatic nitrogens is 3. The van der Waals surface area contributed by atoms with E-state index in [0.29, 0.717) is 19.0 Å². The number of rotatable bonds is 2. The minimum Gasteiger partial charge on any atom is -0.338 e. The monoisotopic (exact) mass is 350 g/mol. The fourth-order valence-corrected chi connectivity index (χ4v) is 4.54. The summed E-state index contributed by atoms with van der Waals surface area (Å²) in [5.74, 6) is 0.658. The number of nitrogens with one attached hydrogen (secondary N) is 1. The van der Waals surface area contributed by atoms with Gasteiger partial charge in [0.1, 0.15) is 11.3 Å². The second-order valence-electron chi connectivity index (χ2n) is 6.01. The molecule has 2 aromatic rings. The Kier molecular flexibility index (Phi) is 3.86. The predicted octanol–water partition coefficient (Wildman–Crippen LogP) is 1.06. The lowest BCUT2D eigenvalue weighted by Crippen LogP contribution is -2.59. The number of hydrogen-bond acceptors (Lipinski definition) is 7. The lowest BCUT2D eigenvalue weighted by Gasteiger charge is -2.41. The van der Waals surface area contributed by atoms with Gasteiger partial charge in [-0.25, -0.2) is 18.7 Å². The average molecular weight is 350 g/mol. The van der Waals surface area contributed by atoms with Gasteiger partial charge in [-0.2, -0.15) is 0 Å². The van der Waals surface area contributed by atoms with Gasteiger partial charge >= 0.3 is 0 Å². The minimum atomic E-state index is -0.504. The van der Waals surface area contributed by atoms with Crippen molar-refractivity contribution in [3.05, 3.63) is 48.1 Å². The Morgan fingerprint density at radius 3 is 2.62 bits per heavy atom. The summed E-state index contributed by atoms with van der Waals surface area (Å²) in [6, 6.07) is 3.09. The van der Waals surface area contributed by atoms with Gasteiger partial charge in [0.15, 0.2) is 5.82 Å². The molecule has 0 saturated carbocycles. The second kappa shape index (κ2) is 5.91. The van der Waals surface area contributed by atoms with E-state index in [4.69, 9.17) is 5.73 Å². The molecule has 2 aliphatic heterocycles. The van der Waals surface area contributed by atoms with Crippen molar-refractivity contribution in [1.29, 1.82) is 0 Å². The highest BCUT2D eigenvalue weighted by Crippen LogP contribution is 2.42. The number of fused-ring (bicyclic) bond motifs is 1. The minimum absolute atomic E-state index is 0.203. The molecule has 2 saturated heterocycles. The second-order valence-corrected chi connectivity index (χ2v) is 7.18. The third kappa shape index (κ3) is 2.62. The SMILES string of the molecule is NC1NC2(c3ccc(F)cn3)CN(c3ncc(F)cn3)CC2CS1. The molecule has 9 heteroatoms. The molecule has 0 radical (unpaired) electrons. The topological polar surface area (TPSA) is 80.0 Å². The first-order chi connectivity index (χ1) is 11.6. The smallest absolute Gasteiger partial charge is 0.225 e. The van der Waals surface area contributed by atoms with Crippen molar-refractivity contribution < 1.29 is 8.78 Å². The summed E-state index contributed by atoms with van der Waals surface area (Å²) in [6.07, 6.45) is 3.52. The first kappa shape index (κ1) is 15.7. The molecule has 4 rings (SSSR count). The van der Waals surface area contributed by atoms with E-state index < -0.39 is 11.4 Å². The molecule has 3 N–H and O–H groups in total. The van der Waals surface area contributed by atoms with Crippen molar-refractivity contribution in [1.82, 2.24) is 20.3 Å². The quantitative estimate of drug-likeness (QED) is 0.838. The first-order valence-corrected chi connectivity index (χ1v) is 8.61. The highest BCUT2D eigenvalue weighted by Gasteiger charge is 2.52. The molecule has 4 heterocycles. The fourth-order valence-electron chi connectivity index (χ4n) is 3.42. The van der Waals surface area contributed by atoms with Crippen molar-refractivity contribution >= 4 is 17.7 Å². The summed E-state index contributed by atoms with van der Waals surface area (Å²) in [5, 5.41) is 3.42. The maximum atomic E-state index is 13.3. The van der Waals surface area contributed by atoms with E-state index in [1.54, 1.807) is 17.8 Å². The van der Waals surface area contributed by atoms with Crippen LogP contribution >= 0.6 is 11.8 Å². The van der Waals surface area contributed by atoms with Crippen LogP contribution in [0.2, 0.25) is 0 Å². The third-order valence-corrected chi connectivity index (χ3v) is 5.60. The molecule has 2 fully saturated rings. The van der Waals surface area contributed by atoms with E-state index in [-0.39, 0.29) is 17.2 Å². The van der Waals surface area contributed by atoms with Crippen LogP contribution in [0, 0.1) is 17.6 Å². The van der Waals surface area contributed by atoms with Crippen LogP contribution in [0.15, 0.2) is 30.7 Å². The molecule has 126 valence electrons. The van der Waals surface area contributed by atoms with Gasteiger partial charge in [0.25, 0.3) is 0 Å². The van der Waals surface area contributed by atoms with Gasteiger partial charge in [-0.15, -0.1) is 11.8 Å². The van der Waals surface area contributed by atoms with E-state index in [9.17, 15) is 8.78 Å². The Labute approximate surface area is 141 Å². The Balaban J connectivity index is 1.71. The van der Waals surface area contributed by atoms with Crippen molar-refractivity contribution in [2.45, 2.75) is 11.0 Å². The van der Waals surface area contributed by atoms with Crippen LogP contribution < -0.4 is 16.0 Å². The zero-order chi connectivity index (χ0) is 16.7. The van der Waals surface area contributed by atoms with Gasteiger partial charge in [-0.3, -0.25) is 10.3 Å². The van der Waals surface area contributed by atoms with Crippen molar-refractivity contribution in [2.24, 2.45) is 11.7 Å². The molecule has 0 aliphatic carbocycles. The fraction of sp³-hybridized carbons (Fsp3) is 0.400. The van der Waals surface area contributed by atoms with Crippen molar-refractivity contribution in [3.8, 4) is 0 Å². The molecule has 2 aromatic heterocycles. The largest absolute Gasteiger partial charge is 0.338 e. The van der Waals surface area contributed by atoms with Gasteiger partial charge in [0.05, 0.1) is 29.8 Å². The van der Waals surface area contributed by atoms with Crippen LogP contribution in [0.3, 0.4) is 0 Å². The molecule has 0 spiro atoms. The predicted molar refractivity (Wildman–Crippen MR) is 87.1 cm³/mol. The number of pyridine rings is 1. The normalized spacial score (nSPS) is 29.5. The molecule has 24 heavy (non-hydrogen) atoms. The lowest BCUT2D eigenvalue weighted by molar-refractivity contribution is 0.266. The van der Waals surface area contributed by atoms with Crippen LogP contribution in [-0.4, -0.2) is 39.3 Å². The first-order valence-electron chi connectivity index (χ1n) is 7.56. The van der Waals surface area contributed by atoms with Gasteiger partial charge in [0.2, 0.25) is 5.95 Å². The van der Waals surface area contributed by atoms with Crippen LogP contribution in [0.25, 0.3) is 0 Å². The maximum Gasteiger partial charge on any atom is 0.225 e. The highest BCUT2D eigenvalue weighted by atomic mass is 32.2. The Morgan fingerprint density at radius 1 is 1.17 bits per heavy atom. The van der Waals surface area contributed by atoms with E-state index >= 15 is 0 Å². The summed E-state index contributed by atoms with van der Waals surface area (Å²) in [5.41, 5.74) is 6.10. The molecule has 3 unspecified atom stereocenters. The zero-order valence-electron chi connectivity index (χ0n) is 12.7. The molecular formula is C15H16F2N6S. The molecule has 6 nitrogen and oxygen atoms in total. The van der Waals surface area contributed by atoms with Gasteiger partial charge in [-0.05, 0) is 12.1 Å². The number of anilines is 1. The van der Waals surface area contributed by atoms with Crippen LogP contribution in [-0.2, 0) is 5.54 Å². The van der Waals surface area contributed by atoms with E-state index in [1.165, 1.54) is 12.3 Å². The van der Waals surface area contributed by atoms with Crippen molar-refractivity contribution in [3.63, 3.8) is 0 Å². The number of hydrogen-bond donors (Lipinski definition) is 2. The Morgan fingerprint density at radius 2 is 1.92 bits per heavy atom. The Bertz CT molecular complexity index is 728. The van der Waals surface area contributed by atoms with Gasteiger partial charge in [-0.1, -0.05) is 0 Å². The molecule has 0 amide bonds. The summed E-state index contributed by atoms with van der Waals surface area (Å²) in [7, 11) is 0.